The fourth-order valence-corrected chi connectivity index (χ4v) is 2.39. The molecule has 5 atom stereocenters. The first-order valence-electron chi connectivity index (χ1n) is 7.96. The van der Waals surface area contributed by atoms with E-state index < -0.39 is 66.7 Å². The first-order chi connectivity index (χ1) is 13.1. The Bertz CT molecular complexity index is 626. The van der Waals surface area contributed by atoms with Gasteiger partial charge in [-0.15, -0.1) is 0 Å². The van der Waals surface area contributed by atoms with Crippen molar-refractivity contribution in [2.45, 2.75) is 44.2 Å². The van der Waals surface area contributed by atoms with Gasteiger partial charge in [0.05, 0.1) is 18.7 Å². The van der Waals surface area contributed by atoms with Crippen molar-refractivity contribution in [3.63, 3.8) is 0 Å². The number of guanidine groups is 1. The Hall–Kier alpha value is -1.96. The van der Waals surface area contributed by atoms with Crippen LogP contribution in [0.1, 0.15) is 13.8 Å². The number of nitrogens with one attached hydrogen (secondary N) is 2. The SMILES string of the molecule is CC(=O)NC1C(N=C(N)N)C=C(C(=O)O)OC1C(OC([NH-])=O)C(O)CO.[CH2-]C.[Y+3]. The summed E-state index contributed by atoms with van der Waals surface area (Å²) in [6.07, 6.45) is -5.50. The van der Waals surface area contributed by atoms with Crippen LogP contribution in [0.3, 0.4) is 0 Å². The Morgan fingerprint density at radius 2 is 1.97 bits per heavy atom. The van der Waals surface area contributed by atoms with Gasteiger partial charge in [-0.05, 0) is 6.08 Å². The average molecular weight is 492 g/mol. The molecular weight excluding hydrogens is 467 g/mol. The molecule has 29 heavy (non-hydrogen) atoms. The number of carbonyl (C=O) groups excluding carboxylic acids is 2. The second-order valence-corrected chi connectivity index (χ2v) is 5.31. The standard InChI is InChI=1S/C13H21N5O8.C2H5.Y/c1-4(20)17-8-5(18-12(14)15)2-7(11(22)23)25-10(8)9(6(21)3-19)26-13(16)24;1-2;/h2,5-6,8-10,19,21H,3H2,1H3,(H8,14,15,16,17,18,20,22,23,24);1H2,2H3;/q;-1;+3/p-1. The molecule has 14 heteroatoms. The number of aliphatic carboxylic acids is 1. The summed E-state index contributed by atoms with van der Waals surface area (Å²) in [6.45, 7) is 5.25. The van der Waals surface area contributed by atoms with E-state index in [4.69, 9.17) is 27.0 Å². The number of hydrogen-bond donors (Lipinski definition) is 6. The van der Waals surface area contributed by atoms with Crippen molar-refractivity contribution in [3.05, 3.63) is 24.5 Å². The van der Waals surface area contributed by atoms with Crippen LogP contribution in [0, 0.1) is 6.92 Å². The average Bonchev–Trinajstić information content (AvgIpc) is 2.61. The fraction of sp³-hybridized carbons (Fsp3) is 0.533. The summed E-state index contributed by atoms with van der Waals surface area (Å²) in [5, 5.41) is 30.7. The number of ether oxygens (including phenoxy) is 2. The zero-order valence-electron chi connectivity index (χ0n) is 15.9. The van der Waals surface area contributed by atoms with Gasteiger partial charge >= 0.3 is 38.7 Å². The van der Waals surface area contributed by atoms with Crippen LogP contribution in [0.5, 0.6) is 0 Å². The third-order valence-corrected chi connectivity index (χ3v) is 3.32. The molecule has 0 fully saturated rings. The summed E-state index contributed by atoms with van der Waals surface area (Å²) in [6, 6.07) is -2.32. The van der Waals surface area contributed by atoms with E-state index in [2.05, 4.69) is 22.0 Å². The Morgan fingerprint density at radius 3 is 2.34 bits per heavy atom. The molecule has 1 aliphatic heterocycles. The van der Waals surface area contributed by atoms with Crippen LogP contribution < -0.4 is 16.8 Å². The Labute approximate surface area is 192 Å². The van der Waals surface area contributed by atoms with Gasteiger partial charge in [-0.2, -0.15) is 6.92 Å². The third kappa shape index (κ3) is 9.39. The maximum atomic E-state index is 11.5. The van der Waals surface area contributed by atoms with Crippen LogP contribution in [-0.2, 0) is 51.8 Å². The minimum atomic E-state index is -1.74. The van der Waals surface area contributed by atoms with Crippen molar-refractivity contribution in [1.29, 1.82) is 0 Å². The number of nitrogens with zero attached hydrogens (tertiary/aromatic N) is 1. The number of amides is 2. The van der Waals surface area contributed by atoms with E-state index in [1.165, 1.54) is 0 Å². The number of carbonyl (C=O) groups is 3. The van der Waals surface area contributed by atoms with Crippen molar-refractivity contribution in [3.8, 4) is 0 Å². The molecule has 13 nitrogen and oxygen atoms in total. The number of carboxylic acid groups (broad SMARTS) is 1. The smallest absolute Gasteiger partial charge is 0.632 e. The van der Waals surface area contributed by atoms with Gasteiger partial charge in [0.1, 0.15) is 6.10 Å². The van der Waals surface area contributed by atoms with Crippen molar-refractivity contribution < 1.29 is 71.9 Å². The summed E-state index contributed by atoms with van der Waals surface area (Å²) in [7, 11) is 0. The summed E-state index contributed by atoms with van der Waals surface area (Å²) in [4.78, 5) is 37.7. The second kappa shape index (κ2) is 14.1. The normalized spacial score (nSPS) is 22.0. The van der Waals surface area contributed by atoms with E-state index in [-0.39, 0.29) is 32.7 Å². The van der Waals surface area contributed by atoms with E-state index in [1.54, 1.807) is 6.92 Å². The molecule has 9 N–H and O–H groups in total. The predicted octanol–water partition coefficient (Wildman–Crippen LogP) is -1.75. The second-order valence-electron chi connectivity index (χ2n) is 5.31. The van der Waals surface area contributed by atoms with Crippen molar-refractivity contribution in [2.75, 3.05) is 6.61 Å². The molecule has 0 aromatic rings. The van der Waals surface area contributed by atoms with E-state index >= 15 is 0 Å². The Kier molecular flexibility index (Phi) is 14.2. The molecule has 0 bridgehead atoms. The van der Waals surface area contributed by atoms with Gasteiger partial charge in [-0.1, -0.05) is 0 Å². The van der Waals surface area contributed by atoms with Gasteiger partial charge in [0, 0.05) is 6.92 Å². The van der Waals surface area contributed by atoms with Crippen molar-refractivity contribution in [2.24, 2.45) is 16.5 Å². The maximum absolute atomic E-state index is 11.5. The zero-order valence-corrected chi connectivity index (χ0v) is 18.8. The van der Waals surface area contributed by atoms with Crippen LogP contribution in [-0.4, -0.2) is 76.3 Å². The van der Waals surface area contributed by atoms with E-state index in [0.29, 0.717) is 0 Å². The summed E-state index contributed by atoms with van der Waals surface area (Å²) >= 11 is 0. The summed E-state index contributed by atoms with van der Waals surface area (Å²) in [5.74, 6) is -3.16. The van der Waals surface area contributed by atoms with Gasteiger partial charge < -0.3 is 54.2 Å². The minimum Gasteiger partial charge on any atom is -0.632 e. The van der Waals surface area contributed by atoms with Crippen LogP contribution in [0.4, 0.5) is 4.79 Å². The molecule has 160 valence electrons. The number of hydrogen-bond acceptors (Lipinski definition) is 8. The monoisotopic (exact) mass is 492 g/mol. The summed E-state index contributed by atoms with van der Waals surface area (Å²) < 4.78 is 9.87. The van der Waals surface area contributed by atoms with E-state index in [0.717, 1.165) is 13.0 Å². The molecule has 1 aliphatic rings. The number of aliphatic hydroxyl groups excluding tert-OH is 2. The topological polar surface area (TPSA) is 231 Å². The Balaban J connectivity index is 0. The van der Waals surface area contributed by atoms with Crippen LogP contribution in [0.2, 0.25) is 0 Å². The number of aliphatic imine (C=N–C) groups is 1. The molecular formula is C15H25N5O8Y+. The molecule has 0 aliphatic carbocycles. The Morgan fingerprint density at radius 1 is 1.41 bits per heavy atom. The first kappa shape index (κ1) is 29.2. The fourth-order valence-electron chi connectivity index (χ4n) is 2.39. The van der Waals surface area contributed by atoms with Gasteiger partial charge in [-0.25, -0.2) is 9.79 Å². The molecule has 0 radical (unpaired) electrons. The minimum absolute atomic E-state index is 0. The van der Waals surface area contributed by atoms with Gasteiger partial charge in [0.15, 0.2) is 18.2 Å². The summed E-state index contributed by atoms with van der Waals surface area (Å²) in [5.41, 5.74) is 17.5. The number of aliphatic hydroxyl groups is 2. The predicted molar refractivity (Wildman–Crippen MR) is 96.5 cm³/mol. The molecule has 0 saturated carbocycles. The van der Waals surface area contributed by atoms with Crippen LogP contribution in [0.25, 0.3) is 5.73 Å². The van der Waals surface area contributed by atoms with Gasteiger partial charge in [-0.3, -0.25) is 9.59 Å². The van der Waals surface area contributed by atoms with Crippen molar-refractivity contribution >= 4 is 23.9 Å². The number of nitrogens with two attached hydrogens (primary N) is 2. The molecule has 1 rings (SSSR count). The zero-order chi connectivity index (χ0) is 22.0. The van der Waals surface area contributed by atoms with E-state index in [1.807, 2.05) is 0 Å². The maximum Gasteiger partial charge on any atom is 3.00 e. The van der Waals surface area contributed by atoms with Gasteiger partial charge in [0.25, 0.3) is 0 Å². The molecule has 0 aromatic carbocycles. The first-order valence-corrected chi connectivity index (χ1v) is 7.96. The number of carboxylic acids is 1. The quantitative estimate of drug-likeness (QED) is 0.133. The van der Waals surface area contributed by atoms with Crippen molar-refractivity contribution in [1.82, 2.24) is 5.32 Å². The number of rotatable bonds is 7. The van der Waals surface area contributed by atoms with E-state index in [9.17, 15) is 24.6 Å². The molecule has 1 heterocycles. The largest absolute Gasteiger partial charge is 3.00 e. The van der Waals surface area contributed by atoms with Crippen LogP contribution in [0.15, 0.2) is 16.8 Å². The molecule has 0 saturated heterocycles. The van der Waals surface area contributed by atoms with Gasteiger partial charge in [0.2, 0.25) is 17.8 Å². The molecule has 0 spiro atoms. The molecule has 2 amide bonds. The third-order valence-electron chi connectivity index (χ3n) is 3.32. The molecule has 0 aromatic heterocycles. The molecule has 5 unspecified atom stereocenters. The van der Waals surface area contributed by atoms with Crippen LogP contribution >= 0.6 is 0 Å².